The topological polar surface area (TPSA) is 61.2 Å². The van der Waals surface area contributed by atoms with Gasteiger partial charge in [0.1, 0.15) is 0 Å². The van der Waals surface area contributed by atoms with Crippen LogP contribution in [-0.2, 0) is 9.59 Å². The van der Waals surface area contributed by atoms with Crippen LogP contribution in [-0.4, -0.2) is 22.8 Å². The van der Waals surface area contributed by atoms with E-state index in [-0.39, 0.29) is 36.1 Å². The summed E-state index contributed by atoms with van der Waals surface area (Å²) in [4.78, 5) is 25.5. The minimum atomic E-state index is -0.214. The van der Waals surface area contributed by atoms with E-state index >= 15 is 0 Å². The number of amides is 2. The van der Waals surface area contributed by atoms with Crippen LogP contribution < -0.4 is 0 Å². The number of nitriles is 1. The zero-order valence-corrected chi connectivity index (χ0v) is 9.48. The van der Waals surface area contributed by atoms with Gasteiger partial charge >= 0.3 is 0 Å². The van der Waals surface area contributed by atoms with Crippen molar-refractivity contribution < 1.29 is 9.59 Å². The van der Waals surface area contributed by atoms with Crippen LogP contribution in [0.25, 0.3) is 0 Å². The average Bonchev–Trinajstić information content (AvgIpc) is 2.72. The zero-order valence-electron chi connectivity index (χ0n) is 9.48. The lowest BCUT2D eigenvalue weighted by atomic mass is 9.94. The van der Waals surface area contributed by atoms with Gasteiger partial charge in [-0.05, 0) is 25.7 Å². The first-order chi connectivity index (χ1) is 7.69. The first-order valence-corrected chi connectivity index (χ1v) is 5.92. The van der Waals surface area contributed by atoms with Gasteiger partial charge in [0.15, 0.2) is 0 Å². The zero-order chi connectivity index (χ0) is 11.7. The molecule has 0 radical (unpaired) electrons. The normalized spacial score (nSPS) is 30.4. The Bertz CT molecular complexity index is 337. The van der Waals surface area contributed by atoms with Gasteiger partial charge in [0, 0.05) is 11.8 Å². The molecule has 0 aromatic rings. The van der Waals surface area contributed by atoms with Crippen LogP contribution in [0.2, 0.25) is 0 Å². The molecule has 0 aromatic carbocycles. The SMILES string of the molecule is CCC(CC#N)N1C(=O)C2CCC(C2)C1=O. The molecular formula is C12H16N2O2. The van der Waals surface area contributed by atoms with Gasteiger partial charge in [-0.15, -0.1) is 0 Å². The van der Waals surface area contributed by atoms with Crippen molar-refractivity contribution in [2.24, 2.45) is 11.8 Å². The standard InChI is InChI=1S/C12H16N2O2/c1-2-10(5-6-13)14-11(15)8-3-4-9(7-8)12(14)16/h8-10H,2-5,7H2,1H3. The molecule has 1 heterocycles. The van der Waals surface area contributed by atoms with E-state index in [2.05, 4.69) is 6.07 Å². The fraction of sp³-hybridized carbons (Fsp3) is 0.750. The molecule has 2 fully saturated rings. The van der Waals surface area contributed by atoms with Gasteiger partial charge in [0.2, 0.25) is 11.8 Å². The Balaban J connectivity index is 2.22. The molecule has 2 bridgehead atoms. The van der Waals surface area contributed by atoms with Crippen LogP contribution in [0.3, 0.4) is 0 Å². The van der Waals surface area contributed by atoms with Crippen molar-refractivity contribution in [2.45, 2.75) is 45.1 Å². The number of carbonyl (C=O) groups excluding carboxylic acids is 2. The van der Waals surface area contributed by atoms with Crippen LogP contribution in [0.1, 0.15) is 39.0 Å². The van der Waals surface area contributed by atoms with E-state index < -0.39 is 0 Å². The van der Waals surface area contributed by atoms with Crippen LogP contribution in [0.5, 0.6) is 0 Å². The predicted octanol–water partition coefficient (Wildman–Crippen LogP) is 1.46. The van der Waals surface area contributed by atoms with Gasteiger partial charge in [-0.2, -0.15) is 5.26 Å². The number of hydrogen-bond donors (Lipinski definition) is 0. The summed E-state index contributed by atoms with van der Waals surface area (Å²) in [5.74, 6) is -0.00687. The molecule has 86 valence electrons. The van der Waals surface area contributed by atoms with Crippen LogP contribution in [0, 0.1) is 23.2 Å². The molecule has 16 heavy (non-hydrogen) atoms. The fourth-order valence-electron chi connectivity index (χ4n) is 2.82. The number of piperidine rings is 1. The molecule has 1 aliphatic heterocycles. The maximum Gasteiger partial charge on any atom is 0.232 e. The highest BCUT2D eigenvalue weighted by atomic mass is 16.2. The number of rotatable bonds is 3. The maximum absolute atomic E-state index is 12.1. The number of hydrogen-bond acceptors (Lipinski definition) is 3. The second-order valence-electron chi connectivity index (χ2n) is 4.68. The Hall–Kier alpha value is -1.37. The molecule has 4 nitrogen and oxygen atoms in total. The summed E-state index contributed by atoms with van der Waals surface area (Å²) < 4.78 is 0. The van der Waals surface area contributed by atoms with Crippen molar-refractivity contribution in [3.63, 3.8) is 0 Å². The van der Waals surface area contributed by atoms with E-state index in [4.69, 9.17) is 5.26 Å². The average molecular weight is 220 g/mol. The molecule has 0 aromatic heterocycles. The van der Waals surface area contributed by atoms with Crippen molar-refractivity contribution in [2.75, 3.05) is 0 Å². The minimum Gasteiger partial charge on any atom is -0.278 e. The molecule has 0 N–H and O–H groups in total. The maximum atomic E-state index is 12.1. The van der Waals surface area contributed by atoms with Gasteiger partial charge in [0.25, 0.3) is 0 Å². The molecule has 3 atom stereocenters. The van der Waals surface area contributed by atoms with Crippen LogP contribution >= 0.6 is 0 Å². The summed E-state index contributed by atoms with van der Waals surface area (Å²) in [5, 5.41) is 8.72. The number of fused-ring (bicyclic) bond motifs is 2. The Labute approximate surface area is 95.2 Å². The molecule has 2 aliphatic rings. The second-order valence-corrected chi connectivity index (χ2v) is 4.68. The summed E-state index contributed by atoms with van der Waals surface area (Å²) in [6, 6.07) is 1.85. The third-order valence-electron chi connectivity index (χ3n) is 3.77. The Kier molecular flexibility index (Phi) is 2.95. The van der Waals surface area contributed by atoms with Crippen molar-refractivity contribution in [3.8, 4) is 6.07 Å². The minimum absolute atomic E-state index is 0.0374. The van der Waals surface area contributed by atoms with E-state index in [0.29, 0.717) is 6.42 Å². The van der Waals surface area contributed by atoms with E-state index in [1.165, 1.54) is 4.90 Å². The molecular weight excluding hydrogens is 204 g/mol. The molecule has 1 aliphatic carbocycles. The number of carbonyl (C=O) groups is 2. The number of nitrogens with zero attached hydrogens (tertiary/aromatic N) is 2. The monoisotopic (exact) mass is 220 g/mol. The molecule has 1 saturated heterocycles. The summed E-state index contributed by atoms with van der Waals surface area (Å²) in [5.41, 5.74) is 0. The van der Waals surface area contributed by atoms with Gasteiger partial charge in [-0.1, -0.05) is 6.92 Å². The van der Waals surface area contributed by atoms with Crippen LogP contribution in [0.4, 0.5) is 0 Å². The predicted molar refractivity (Wildman–Crippen MR) is 57.0 cm³/mol. The van der Waals surface area contributed by atoms with Gasteiger partial charge in [0.05, 0.1) is 18.5 Å². The van der Waals surface area contributed by atoms with Crippen molar-refractivity contribution in [1.29, 1.82) is 5.26 Å². The molecule has 2 rings (SSSR count). The van der Waals surface area contributed by atoms with Gasteiger partial charge in [-0.25, -0.2) is 0 Å². The highest BCUT2D eigenvalue weighted by molar-refractivity contribution is 6.01. The van der Waals surface area contributed by atoms with Gasteiger partial charge < -0.3 is 0 Å². The van der Waals surface area contributed by atoms with Crippen LogP contribution in [0.15, 0.2) is 0 Å². The Morgan fingerprint density at radius 1 is 1.38 bits per heavy atom. The third kappa shape index (κ3) is 1.60. The van der Waals surface area contributed by atoms with Gasteiger partial charge in [-0.3, -0.25) is 14.5 Å². The second kappa shape index (κ2) is 4.25. The summed E-state index contributed by atoms with van der Waals surface area (Å²) in [7, 11) is 0. The number of imide groups is 1. The van der Waals surface area contributed by atoms with E-state index in [1.54, 1.807) is 0 Å². The molecule has 4 heteroatoms. The smallest absolute Gasteiger partial charge is 0.232 e. The quantitative estimate of drug-likeness (QED) is 0.676. The lowest BCUT2D eigenvalue weighted by Crippen LogP contribution is -2.51. The van der Waals surface area contributed by atoms with E-state index in [0.717, 1.165) is 19.3 Å². The molecule has 1 saturated carbocycles. The lowest BCUT2D eigenvalue weighted by Gasteiger charge is -2.34. The Morgan fingerprint density at radius 3 is 2.38 bits per heavy atom. The number of likely N-dealkylation sites (tertiary alicyclic amines) is 1. The fourth-order valence-corrected chi connectivity index (χ4v) is 2.82. The highest BCUT2D eigenvalue weighted by Crippen LogP contribution is 2.39. The molecule has 2 amide bonds. The first-order valence-electron chi connectivity index (χ1n) is 5.92. The molecule has 0 spiro atoms. The summed E-state index contributed by atoms with van der Waals surface area (Å²) in [6.07, 6.45) is 3.35. The summed E-state index contributed by atoms with van der Waals surface area (Å²) >= 11 is 0. The van der Waals surface area contributed by atoms with E-state index in [1.807, 2.05) is 6.92 Å². The van der Waals surface area contributed by atoms with E-state index in [9.17, 15) is 9.59 Å². The molecule has 3 unspecified atom stereocenters. The first kappa shape index (κ1) is 11.1. The van der Waals surface area contributed by atoms with Crippen molar-refractivity contribution in [3.05, 3.63) is 0 Å². The highest BCUT2D eigenvalue weighted by Gasteiger charge is 2.47. The third-order valence-corrected chi connectivity index (χ3v) is 3.77. The summed E-state index contributed by atoms with van der Waals surface area (Å²) in [6.45, 7) is 1.92. The Morgan fingerprint density at radius 2 is 1.94 bits per heavy atom. The van der Waals surface area contributed by atoms with Crippen molar-refractivity contribution in [1.82, 2.24) is 4.90 Å². The largest absolute Gasteiger partial charge is 0.278 e. The van der Waals surface area contributed by atoms with Crippen molar-refractivity contribution >= 4 is 11.8 Å². The lowest BCUT2D eigenvalue weighted by molar-refractivity contribution is -0.155.